The Bertz CT molecular complexity index is 821. The van der Waals surface area contributed by atoms with Gasteiger partial charge in [0.25, 0.3) is 0 Å². The minimum absolute atomic E-state index is 0.241. The largest absolute Gasteiger partial charge is 0.0613 e. The average Bonchev–Trinajstić information content (AvgIpc) is 3.00. The van der Waals surface area contributed by atoms with Crippen molar-refractivity contribution in [3.63, 3.8) is 0 Å². The maximum absolute atomic E-state index is 2.39. The van der Waals surface area contributed by atoms with Crippen LogP contribution in [0.1, 0.15) is 82.4 Å². The van der Waals surface area contributed by atoms with E-state index in [2.05, 4.69) is 70.2 Å². The van der Waals surface area contributed by atoms with Crippen molar-refractivity contribution in [2.24, 2.45) is 5.41 Å². The van der Waals surface area contributed by atoms with Crippen LogP contribution in [0.25, 0.3) is 16.7 Å². The first-order valence-electron chi connectivity index (χ1n) is 10.4. The molecule has 26 heavy (non-hydrogen) atoms. The van der Waals surface area contributed by atoms with Crippen LogP contribution >= 0.6 is 0 Å². The number of allylic oxidation sites excluding steroid dienone is 2. The molecule has 0 nitrogen and oxygen atoms in total. The van der Waals surface area contributed by atoms with Gasteiger partial charge in [-0.25, -0.2) is 0 Å². The van der Waals surface area contributed by atoms with E-state index in [0.717, 1.165) is 12.3 Å². The van der Waals surface area contributed by atoms with Gasteiger partial charge >= 0.3 is 0 Å². The van der Waals surface area contributed by atoms with E-state index in [4.69, 9.17) is 0 Å². The molecule has 0 aliphatic heterocycles. The Morgan fingerprint density at radius 1 is 0.846 bits per heavy atom. The summed E-state index contributed by atoms with van der Waals surface area (Å²) in [5, 5.41) is 0. The van der Waals surface area contributed by atoms with Gasteiger partial charge in [0.1, 0.15) is 0 Å². The third kappa shape index (κ3) is 3.15. The Labute approximate surface area is 159 Å². The molecule has 1 fully saturated rings. The van der Waals surface area contributed by atoms with Gasteiger partial charge in [0.15, 0.2) is 0 Å². The highest BCUT2D eigenvalue weighted by Gasteiger charge is 2.28. The predicted octanol–water partition coefficient (Wildman–Crippen LogP) is 7.78. The zero-order valence-corrected chi connectivity index (χ0v) is 16.9. The van der Waals surface area contributed by atoms with Crippen molar-refractivity contribution in [1.82, 2.24) is 0 Å². The molecule has 2 aromatic carbocycles. The second kappa shape index (κ2) is 6.72. The van der Waals surface area contributed by atoms with Crippen molar-refractivity contribution in [1.29, 1.82) is 0 Å². The number of hydrogen-bond donors (Lipinski definition) is 0. The fraction of sp³-hybridized carbons (Fsp3) is 0.462. The van der Waals surface area contributed by atoms with Crippen molar-refractivity contribution < 1.29 is 0 Å². The summed E-state index contributed by atoms with van der Waals surface area (Å²) in [7, 11) is 0. The van der Waals surface area contributed by atoms with E-state index < -0.39 is 0 Å². The van der Waals surface area contributed by atoms with Crippen LogP contribution < -0.4 is 0 Å². The monoisotopic (exact) mass is 344 g/mol. The fourth-order valence-corrected chi connectivity index (χ4v) is 5.10. The summed E-state index contributed by atoms with van der Waals surface area (Å²) in [6.07, 6.45) is 8.08. The van der Waals surface area contributed by atoms with Crippen molar-refractivity contribution in [2.45, 2.75) is 72.1 Å². The third-order valence-electron chi connectivity index (χ3n) is 6.55. The van der Waals surface area contributed by atoms with Gasteiger partial charge in [0, 0.05) is 0 Å². The van der Waals surface area contributed by atoms with Gasteiger partial charge in [0.05, 0.1) is 0 Å². The molecule has 0 saturated heterocycles. The minimum Gasteiger partial charge on any atom is -0.0613 e. The topological polar surface area (TPSA) is 0 Å². The predicted molar refractivity (Wildman–Crippen MR) is 113 cm³/mol. The number of fused-ring (bicyclic) bond motifs is 1. The van der Waals surface area contributed by atoms with Gasteiger partial charge in [-0.2, -0.15) is 0 Å². The number of benzene rings is 2. The lowest BCUT2D eigenvalue weighted by molar-refractivity contribution is 0.443. The molecule has 0 radical (unpaired) electrons. The molecule has 1 saturated carbocycles. The third-order valence-corrected chi connectivity index (χ3v) is 6.55. The van der Waals surface area contributed by atoms with E-state index in [1.54, 1.807) is 11.1 Å². The van der Waals surface area contributed by atoms with Crippen LogP contribution in [0.5, 0.6) is 0 Å². The molecule has 2 aliphatic rings. The first-order valence-corrected chi connectivity index (χ1v) is 10.4. The van der Waals surface area contributed by atoms with Crippen LogP contribution in [0.4, 0.5) is 0 Å². The summed E-state index contributed by atoms with van der Waals surface area (Å²) < 4.78 is 0. The molecule has 0 spiro atoms. The summed E-state index contributed by atoms with van der Waals surface area (Å²) in [4.78, 5) is 0. The van der Waals surface area contributed by atoms with Gasteiger partial charge in [-0.3, -0.25) is 0 Å². The Morgan fingerprint density at radius 3 is 2.19 bits per heavy atom. The smallest absolute Gasteiger partial charge is 0.00496 e. The molecule has 0 bridgehead atoms. The second-order valence-electron chi connectivity index (χ2n) is 9.33. The lowest BCUT2D eigenvalue weighted by Gasteiger charge is -2.22. The SMILES string of the molecule is CC1=C(C(C)(C)C)Cc2cccc(-c3ccc(C4CCCCC4)cc3)c21. The number of hydrogen-bond acceptors (Lipinski definition) is 0. The van der Waals surface area contributed by atoms with Crippen LogP contribution in [0, 0.1) is 5.41 Å². The molecule has 0 amide bonds. The quantitative estimate of drug-likeness (QED) is 0.522. The van der Waals surface area contributed by atoms with Gasteiger partial charge in [-0.1, -0.05) is 88.1 Å². The standard InChI is InChI=1S/C26H32/c1-18-24(26(2,3)4)17-22-11-8-12-23(25(18)22)21-15-13-20(14-16-21)19-9-6-5-7-10-19/h8,11-16,19H,5-7,9-10,17H2,1-4H3. The summed E-state index contributed by atoms with van der Waals surface area (Å²) >= 11 is 0. The van der Waals surface area contributed by atoms with E-state index in [1.165, 1.54) is 59.9 Å². The fourth-order valence-electron chi connectivity index (χ4n) is 5.10. The van der Waals surface area contributed by atoms with Crippen molar-refractivity contribution in [2.75, 3.05) is 0 Å². The molecule has 0 N–H and O–H groups in total. The van der Waals surface area contributed by atoms with E-state index in [1.807, 2.05) is 0 Å². The Hall–Kier alpha value is -1.82. The molecule has 2 aliphatic carbocycles. The van der Waals surface area contributed by atoms with Crippen LogP contribution in [0.2, 0.25) is 0 Å². The van der Waals surface area contributed by atoms with Crippen molar-refractivity contribution in [3.8, 4) is 11.1 Å². The molecule has 136 valence electrons. The maximum Gasteiger partial charge on any atom is -0.00496 e. The Morgan fingerprint density at radius 2 is 1.54 bits per heavy atom. The summed E-state index contributed by atoms with van der Waals surface area (Å²) in [6.45, 7) is 9.36. The molecule has 0 unspecified atom stereocenters. The summed E-state index contributed by atoms with van der Waals surface area (Å²) in [5.74, 6) is 0.786. The first kappa shape index (κ1) is 17.6. The van der Waals surface area contributed by atoms with Crippen LogP contribution in [-0.2, 0) is 6.42 Å². The molecule has 4 rings (SSSR count). The molecular weight excluding hydrogens is 312 g/mol. The number of rotatable bonds is 2. The zero-order valence-electron chi connectivity index (χ0n) is 16.9. The van der Waals surface area contributed by atoms with Crippen molar-refractivity contribution >= 4 is 5.57 Å². The van der Waals surface area contributed by atoms with E-state index in [9.17, 15) is 0 Å². The Balaban J connectivity index is 1.70. The van der Waals surface area contributed by atoms with E-state index in [0.29, 0.717) is 0 Å². The first-order chi connectivity index (χ1) is 12.4. The highest BCUT2D eigenvalue weighted by Crippen LogP contribution is 2.45. The summed E-state index contributed by atoms with van der Waals surface area (Å²) in [5.41, 5.74) is 10.7. The molecule has 0 aromatic heterocycles. The van der Waals surface area contributed by atoms with Gasteiger partial charge in [0.2, 0.25) is 0 Å². The average molecular weight is 345 g/mol. The Kier molecular flexibility index (Phi) is 4.55. The molecule has 0 heterocycles. The van der Waals surface area contributed by atoms with Gasteiger partial charge in [-0.05, 0) is 70.9 Å². The van der Waals surface area contributed by atoms with Gasteiger partial charge < -0.3 is 0 Å². The molecular formula is C26H32. The van der Waals surface area contributed by atoms with E-state index in [-0.39, 0.29) is 5.41 Å². The zero-order chi connectivity index (χ0) is 18.3. The summed E-state index contributed by atoms with van der Waals surface area (Å²) in [6, 6.07) is 16.4. The van der Waals surface area contributed by atoms with Crippen LogP contribution in [0.3, 0.4) is 0 Å². The van der Waals surface area contributed by atoms with Crippen LogP contribution in [0.15, 0.2) is 48.0 Å². The van der Waals surface area contributed by atoms with Gasteiger partial charge in [-0.15, -0.1) is 0 Å². The maximum atomic E-state index is 2.39. The van der Waals surface area contributed by atoms with Crippen molar-refractivity contribution in [3.05, 3.63) is 64.7 Å². The second-order valence-corrected chi connectivity index (χ2v) is 9.33. The lowest BCUT2D eigenvalue weighted by Crippen LogP contribution is -2.09. The van der Waals surface area contributed by atoms with Crippen LogP contribution in [-0.4, -0.2) is 0 Å². The lowest BCUT2D eigenvalue weighted by atomic mass is 9.83. The van der Waals surface area contributed by atoms with E-state index >= 15 is 0 Å². The molecule has 0 heteroatoms. The molecule has 2 aromatic rings. The minimum atomic E-state index is 0.241. The highest BCUT2D eigenvalue weighted by atomic mass is 14.3. The normalized spacial score (nSPS) is 18.3. The molecule has 0 atom stereocenters. The highest BCUT2D eigenvalue weighted by molar-refractivity contribution is 5.87.